The largest absolute Gasteiger partial charge is 0.396 e. The summed E-state index contributed by atoms with van der Waals surface area (Å²) in [6, 6.07) is 9.54. The van der Waals surface area contributed by atoms with E-state index in [1.807, 2.05) is 30.3 Å². The number of aliphatic hydroxyl groups is 2. The molecule has 0 radical (unpaired) electrons. The third-order valence-electron chi connectivity index (χ3n) is 3.46. The van der Waals surface area contributed by atoms with Crippen molar-refractivity contribution in [2.75, 3.05) is 6.61 Å². The number of benzene rings is 1. The SMILES string of the molecule is O=C(Cc1ccccc1)NC1CC(O)C(CO)C1. The lowest BCUT2D eigenvalue weighted by Crippen LogP contribution is -2.34. The first kappa shape index (κ1) is 13.1. The van der Waals surface area contributed by atoms with E-state index in [1.165, 1.54) is 0 Å². The second kappa shape index (κ2) is 5.98. The smallest absolute Gasteiger partial charge is 0.224 e. The van der Waals surface area contributed by atoms with Gasteiger partial charge >= 0.3 is 0 Å². The second-order valence-corrected chi connectivity index (χ2v) is 4.91. The fraction of sp³-hybridized carbons (Fsp3) is 0.500. The molecule has 1 fully saturated rings. The first-order chi connectivity index (χ1) is 8.69. The van der Waals surface area contributed by atoms with Gasteiger partial charge in [0.25, 0.3) is 0 Å². The van der Waals surface area contributed by atoms with Crippen LogP contribution in [-0.2, 0) is 11.2 Å². The first-order valence-corrected chi connectivity index (χ1v) is 6.31. The second-order valence-electron chi connectivity index (χ2n) is 4.91. The van der Waals surface area contributed by atoms with Crippen LogP contribution in [0.2, 0.25) is 0 Å². The standard InChI is InChI=1S/C14H19NO3/c16-9-11-7-12(8-13(11)17)15-14(18)6-10-4-2-1-3-5-10/h1-5,11-13,16-17H,6-9H2,(H,15,18). The summed E-state index contributed by atoms with van der Waals surface area (Å²) in [5, 5.41) is 21.6. The van der Waals surface area contributed by atoms with E-state index >= 15 is 0 Å². The number of aliphatic hydroxyl groups excluding tert-OH is 2. The number of carbonyl (C=O) groups excluding carboxylic acids is 1. The van der Waals surface area contributed by atoms with Crippen LogP contribution in [0.3, 0.4) is 0 Å². The Labute approximate surface area is 107 Å². The molecule has 0 heterocycles. The highest BCUT2D eigenvalue weighted by Gasteiger charge is 2.33. The lowest BCUT2D eigenvalue weighted by molar-refractivity contribution is -0.121. The Morgan fingerprint density at radius 1 is 1.28 bits per heavy atom. The number of amides is 1. The molecule has 4 heteroatoms. The lowest BCUT2D eigenvalue weighted by Gasteiger charge is -2.12. The minimum Gasteiger partial charge on any atom is -0.396 e. The number of nitrogens with one attached hydrogen (secondary N) is 1. The Morgan fingerprint density at radius 3 is 2.61 bits per heavy atom. The van der Waals surface area contributed by atoms with Gasteiger partial charge in [-0.25, -0.2) is 0 Å². The third kappa shape index (κ3) is 3.31. The van der Waals surface area contributed by atoms with Crippen LogP contribution in [0.15, 0.2) is 30.3 Å². The van der Waals surface area contributed by atoms with E-state index in [2.05, 4.69) is 5.32 Å². The molecule has 0 aromatic heterocycles. The summed E-state index contributed by atoms with van der Waals surface area (Å²) in [4.78, 5) is 11.8. The fourth-order valence-corrected chi connectivity index (χ4v) is 2.48. The van der Waals surface area contributed by atoms with Crippen LogP contribution in [-0.4, -0.2) is 34.9 Å². The average Bonchev–Trinajstić information content (AvgIpc) is 2.70. The molecule has 1 aromatic carbocycles. The molecule has 0 saturated heterocycles. The van der Waals surface area contributed by atoms with Gasteiger partial charge in [0.05, 0.1) is 12.5 Å². The van der Waals surface area contributed by atoms with Crippen molar-refractivity contribution in [3.05, 3.63) is 35.9 Å². The summed E-state index contributed by atoms with van der Waals surface area (Å²) in [5.74, 6) is -0.135. The van der Waals surface area contributed by atoms with Crippen molar-refractivity contribution in [1.29, 1.82) is 0 Å². The van der Waals surface area contributed by atoms with Crippen molar-refractivity contribution in [2.24, 2.45) is 5.92 Å². The van der Waals surface area contributed by atoms with Crippen LogP contribution in [0.25, 0.3) is 0 Å². The van der Waals surface area contributed by atoms with Crippen LogP contribution in [0.4, 0.5) is 0 Å². The van der Waals surface area contributed by atoms with Gasteiger partial charge in [-0.05, 0) is 18.4 Å². The maximum absolute atomic E-state index is 11.8. The molecule has 0 spiro atoms. The van der Waals surface area contributed by atoms with Crippen molar-refractivity contribution in [3.8, 4) is 0 Å². The Bertz CT molecular complexity index is 393. The lowest BCUT2D eigenvalue weighted by atomic mass is 10.1. The van der Waals surface area contributed by atoms with Crippen molar-refractivity contribution in [2.45, 2.75) is 31.4 Å². The Hall–Kier alpha value is -1.39. The van der Waals surface area contributed by atoms with E-state index < -0.39 is 6.10 Å². The average molecular weight is 249 g/mol. The van der Waals surface area contributed by atoms with E-state index in [0.29, 0.717) is 19.3 Å². The van der Waals surface area contributed by atoms with Gasteiger partial charge in [-0.15, -0.1) is 0 Å². The zero-order valence-corrected chi connectivity index (χ0v) is 10.2. The van der Waals surface area contributed by atoms with Crippen molar-refractivity contribution < 1.29 is 15.0 Å². The molecule has 1 saturated carbocycles. The molecular weight excluding hydrogens is 230 g/mol. The maximum atomic E-state index is 11.8. The Morgan fingerprint density at radius 2 is 2.00 bits per heavy atom. The molecule has 1 aliphatic rings. The predicted octanol–water partition coefficient (Wildman–Crippen LogP) is 0.477. The zero-order valence-electron chi connectivity index (χ0n) is 10.2. The fourth-order valence-electron chi connectivity index (χ4n) is 2.48. The molecule has 98 valence electrons. The van der Waals surface area contributed by atoms with Gasteiger partial charge in [-0.2, -0.15) is 0 Å². The van der Waals surface area contributed by atoms with Crippen molar-refractivity contribution in [1.82, 2.24) is 5.32 Å². The molecule has 4 nitrogen and oxygen atoms in total. The molecule has 3 unspecified atom stereocenters. The molecule has 0 aliphatic heterocycles. The summed E-state index contributed by atoms with van der Waals surface area (Å²) in [6.45, 7) is -0.0216. The van der Waals surface area contributed by atoms with Gasteiger partial charge in [0.15, 0.2) is 0 Å². The summed E-state index contributed by atoms with van der Waals surface area (Å²) < 4.78 is 0. The minimum absolute atomic E-state index is 0.0200. The van der Waals surface area contributed by atoms with Crippen LogP contribution >= 0.6 is 0 Å². The molecule has 1 amide bonds. The van der Waals surface area contributed by atoms with Gasteiger partial charge in [-0.1, -0.05) is 30.3 Å². The van der Waals surface area contributed by atoms with Gasteiger partial charge in [-0.3, -0.25) is 4.79 Å². The quantitative estimate of drug-likeness (QED) is 0.727. The van der Waals surface area contributed by atoms with E-state index in [-0.39, 0.29) is 24.5 Å². The monoisotopic (exact) mass is 249 g/mol. The molecular formula is C14H19NO3. The van der Waals surface area contributed by atoms with Gasteiger partial charge in [0.2, 0.25) is 5.91 Å². The molecule has 3 N–H and O–H groups in total. The highest BCUT2D eigenvalue weighted by Crippen LogP contribution is 2.25. The highest BCUT2D eigenvalue weighted by atomic mass is 16.3. The number of hydrogen-bond acceptors (Lipinski definition) is 3. The molecule has 2 rings (SSSR count). The number of rotatable bonds is 4. The van der Waals surface area contributed by atoms with E-state index in [1.54, 1.807) is 0 Å². The number of carbonyl (C=O) groups is 1. The van der Waals surface area contributed by atoms with Gasteiger partial charge < -0.3 is 15.5 Å². The van der Waals surface area contributed by atoms with Crippen LogP contribution in [0, 0.1) is 5.92 Å². The van der Waals surface area contributed by atoms with Gasteiger partial charge in [0, 0.05) is 18.6 Å². The third-order valence-corrected chi connectivity index (χ3v) is 3.46. The van der Waals surface area contributed by atoms with Crippen LogP contribution in [0.1, 0.15) is 18.4 Å². The zero-order chi connectivity index (χ0) is 13.0. The van der Waals surface area contributed by atoms with Gasteiger partial charge in [0.1, 0.15) is 0 Å². The topological polar surface area (TPSA) is 69.6 Å². The van der Waals surface area contributed by atoms with E-state index in [0.717, 1.165) is 5.56 Å². The van der Waals surface area contributed by atoms with Crippen LogP contribution < -0.4 is 5.32 Å². The molecule has 0 bridgehead atoms. The molecule has 3 atom stereocenters. The van der Waals surface area contributed by atoms with E-state index in [9.17, 15) is 9.90 Å². The minimum atomic E-state index is -0.503. The van der Waals surface area contributed by atoms with Crippen molar-refractivity contribution >= 4 is 5.91 Å². The Balaban J connectivity index is 1.82. The summed E-state index contributed by atoms with van der Waals surface area (Å²) >= 11 is 0. The van der Waals surface area contributed by atoms with E-state index in [4.69, 9.17) is 5.11 Å². The first-order valence-electron chi connectivity index (χ1n) is 6.31. The summed E-state index contributed by atoms with van der Waals surface area (Å²) in [5.41, 5.74) is 0.979. The summed E-state index contributed by atoms with van der Waals surface area (Å²) in [7, 11) is 0. The summed E-state index contributed by atoms with van der Waals surface area (Å²) in [6.07, 6.45) is 1.04. The molecule has 1 aromatic rings. The van der Waals surface area contributed by atoms with Crippen molar-refractivity contribution in [3.63, 3.8) is 0 Å². The maximum Gasteiger partial charge on any atom is 0.224 e. The predicted molar refractivity (Wildman–Crippen MR) is 67.9 cm³/mol. The van der Waals surface area contributed by atoms with Crippen LogP contribution in [0.5, 0.6) is 0 Å². The number of hydrogen-bond donors (Lipinski definition) is 3. The highest BCUT2D eigenvalue weighted by molar-refractivity contribution is 5.78. The molecule has 1 aliphatic carbocycles. The molecule has 18 heavy (non-hydrogen) atoms. The Kier molecular flexibility index (Phi) is 4.33. The normalized spacial score (nSPS) is 27.1.